The van der Waals surface area contributed by atoms with Crippen molar-refractivity contribution in [1.82, 2.24) is 19.7 Å². The van der Waals surface area contributed by atoms with Gasteiger partial charge in [0.15, 0.2) is 0 Å². The predicted molar refractivity (Wildman–Crippen MR) is 147 cm³/mol. The number of ketones is 1. The van der Waals surface area contributed by atoms with E-state index in [1.807, 2.05) is 0 Å². The summed E-state index contributed by atoms with van der Waals surface area (Å²) >= 11 is 0. The number of hydrogen-bond donors (Lipinski definition) is 3. The molecule has 0 saturated heterocycles. The van der Waals surface area contributed by atoms with E-state index in [1.165, 1.54) is 53.5 Å². The molecular weight excluding hydrogens is 561 g/mol. The van der Waals surface area contributed by atoms with Crippen LogP contribution in [0.2, 0.25) is 0 Å². The number of nitrogens with two attached hydrogens (primary N) is 1. The van der Waals surface area contributed by atoms with E-state index in [9.17, 15) is 26.4 Å². The third-order valence-corrected chi connectivity index (χ3v) is 7.50. The lowest BCUT2D eigenvalue weighted by atomic mass is 10.1. The zero-order valence-corrected chi connectivity index (χ0v) is 22.3. The van der Waals surface area contributed by atoms with E-state index in [2.05, 4.69) is 19.8 Å². The van der Waals surface area contributed by atoms with Crippen LogP contribution in [0.15, 0.2) is 60.9 Å². The molecule has 41 heavy (non-hydrogen) atoms. The van der Waals surface area contributed by atoms with Crippen LogP contribution in [-0.2, 0) is 10.0 Å². The number of hydrogen-bond acceptors (Lipinski definition) is 7. The van der Waals surface area contributed by atoms with E-state index in [0.717, 1.165) is 6.07 Å². The number of nitrogens with zero attached hydrogens (tertiary/aromatic N) is 3. The number of fused-ring (bicyclic) bond motifs is 1. The molecular formula is C27H23F3N6O4S. The lowest BCUT2D eigenvalue weighted by Crippen LogP contribution is -2.17. The predicted octanol–water partition coefficient (Wildman–Crippen LogP) is 5.04. The van der Waals surface area contributed by atoms with Crippen molar-refractivity contribution in [3.05, 3.63) is 89.4 Å². The Balaban J connectivity index is 1.38. The third-order valence-electron chi connectivity index (χ3n) is 6.14. The van der Waals surface area contributed by atoms with Gasteiger partial charge in [0.25, 0.3) is 0 Å². The van der Waals surface area contributed by atoms with E-state index < -0.39 is 39.9 Å². The molecule has 0 amide bonds. The summed E-state index contributed by atoms with van der Waals surface area (Å²) in [4.78, 5) is 20.4. The van der Waals surface area contributed by atoms with E-state index in [1.54, 1.807) is 13.0 Å². The van der Waals surface area contributed by atoms with Crippen LogP contribution in [0.4, 0.5) is 24.7 Å². The Morgan fingerprint density at radius 1 is 1.12 bits per heavy atom. The molecule has 14 heteroatoms. The van der Waals surface area contributed by atoms with Crippen molar-refractivity contribution in [3.8, 4) is 17.3 Å². The summed E-state index contributed by atoms with van der Waals surface area (Å²) in [6, 6.07) is 10.8. The number of nitrogens with one attached hydrogen (secondary N) is 2. The number of anilines is 2. The molecule has 3 aromatic heterocycles. The summed E-state index contributed by atoms with van der Waals surface area (Å²) in [5.41, 5.74) is 7.53. The van der Waals surface area contributed by atoms with Gasteiger partial charge in [-0.2, -0.15) is 5.10 Å². The summed E-state index contributed by atoms with van der Waals surface area (Å²) in [7, 11) is -3.96. The van der Waals surface area contributed by atoms with Gasteiger partial charge in [-0.05, 0) is 61.4 Å². The summed E-state index contributed by atoms with van der Waals surface area (Å²) in [6.45, 7) is 0.949. The first-order valence-electron chi connectivity index (χ1n) is 12.2. The number of halogens is 3. The minimum absolute atomic E-state index is 0.0262. The molecule has 0 aliphatic heterocycles. The second-order valence-electron chi connectivity index (χ2n) is 9.12. The molecule has 0 atom stereocenters. The van der Waals surface area contributed by atoms with E-state index in [0.29, 0.717) is 27.9 Å². The van der Waals surface area contributed by atoms with Crippen LogP contribution in [0.3, 0.4) is 0 Å². The van der Waals surface area contributed by atoms with E-state index in [4.69, 9.17) is 10.5 Å². The maximum Gasteiger partial charge on any atom is 0.232 e. The van der Waals surface area contributed by atoms with Crippen molar-refractivity contribution in [2.24, 2.45) is 0 Å². The number of carbonyl (C=O) groups is 1. The molecule has 2 aromatic carbocycles. The number of aryl methyl sites for hydroxylation is 1. The molecule has 10 nitrogen and oxygen atoms in total. The molecule has 0 aliphatic rings. The summed E-state index contributed by atoms with van der Waals surface area (Å²) in [5, 5.41) is 4.55. The lowest BCUT2D eigenvalue weighted by Gasteiger charge is -2.10. The molecule has 5 aromatic rings. The van der Waals surface area contributed by atoms with Gasteiger partial charge in [0.05, 0.1) is 47.5 Å². The van der Waals surface area contributed by atoms with Crippen LogP contribution in [0.5, 0.6) is 11.6 Å². The van der Waals surface area contributed by atoms with Gasteiger partial charge >= 0.3 is 0 Å². The number of alkyl halides is 1. The van der Waals surface area contributed by atoms with Gasteiger partial charge in [-0.15, -0.1) is 0 Å². The first kappa shape index (κ1) is 27.7. The smallest absolute Gasteiger partial charge is 0.232 e. The minimum Gasteiger partial charge on any atom is -0.439 e. The number of aromatic amines is 1. The number of rotatable bonds is 10. The number of aromatic nitrogens is 4. The Labute approximate surface area is 232 Å². The Kier molecular flexibility index (Phi) is 7.41. The molecule has 0 aliphatic carbocycles. The highest BCUT2D eigenvalue weighted by Crippen LogP contribution is 2.28. The van der Waals surface area contributed by atoms with Crippen LogP contribution in [0.25, 0.3) is 16.6 Å². The first-order chi connectivity index (χ1) is 19.5. The molecule has 0 saturated carbocycles. The molecule has 3 heterocycles. The Morgan fingerprint density at radius 3 is 2.59 bits per heavy atom. The number of carbonyl (C=O) groups excluding carboxylic acids is 1. The quantitative estimate of drug-likeness (QED) is 0.195. The average molecular weight is 585 g/mol. The number of H-pyrrole nitrogens is 1. The fourth-order valence-corrected chi connectivity index (χ4v) is 5.19. The molecule has 0 spiro atoms. The molecule has 5 rings (SSSR count). The fourth-order valence-electron chi connectivity index (χ4n) is 4.11. The number of pyridine rings is 1. The Hall–Kier alpha value is -4.85. The Bertz CT molecular complexity index is 1870. The number of sulfonamides is 1. The van der Waals surface area contributed by atoms with Crippen LogP contribution >= 0.6 is 0 Å². The summed E-state index contributed by atoms with van der Waals surface area (Å²) in [6.07, 6.45) is 2.53. The van der Waals surface area contributed by atoms with Crippen LogP contribution in [-0.4, -0.2) is 46.4 Å². The van der Waals surface area contributed by atoms with Crippen molar-refractivity contribution < 1.29 is 31.1 Å². The zero-order chi connectivity index (χ0) is 29.3. The molecule has 0 fully saturated rings. The second-order valence-corrected chi connectivity index (χ2v) is 11.0. The van der Waals surface area contributed by atoms with E-state index in [-0.39, 0.29) is 35.1 Å². The van der Waals surface area contributed by atoms with Gasteiger partial charge in [0, 0.05) is 17.0 Å². The van der Waals surface area contributed by atoms with Gasteiger partial charge in [0.1, 0.15) is 23.2 Å². The first-order valence-corrected chi connectivity index (χ1v) is 13.9. The standard InChI is InChI=1S/C27H23F3N6O4S/c1-15-9-25(40-18-5-3-17(29)4-6-18)32-14-24(15)36-27(31)19(13-33-36)26(37)23-11-16-10-20(30)22(12-21(16)34-23)35-41(38,39)8-2-7-28/h3-6,9-14,34-35H,2,7-8,31H2,1H3. The molecule has 0 bridgehead atoms. The topological polar surface area (TPSA) is 145 Å². The highest BCUT2D eigenvalue weighted by Gasteiger charge is 2.22. The van der Waals surface area contributed by atoms with Crippen molar-refractivity contribution in [3.63, 3.8) is 0 Å². The van der Waals surface area contributed by atoms with E-state index >= 15 is 0 Å². The lowest BCUT2D eigenvalue weighted by molar-refractivity contribution is 0.103. The van der Waals surface area contributed by atoms with Gasteiger partial charge in [0.2, 0.25) is 21.7 Å². The highest BCUT2D eigenvalue weighted by molar-refractivity contribution is 7.92. The minimum atomic E-state index is -3.96. The molecule has 4 N–H and O–H groups in total. The number of nitrogen functional groups attached to an aromatic ring is 1. The Morgan fingerprint density at radius 2 is 1.88 bits per heavy atom. The van der Waals surface area contributed by atoms with Crippen LogP contribution < -0.4 is 15.2 Å². The zero-order valence-electron chi connectivity index (χ0n) is 21.5. The third kappa shape index (κ3) is 5.87. The van der Waals surface area contributed by atoms with Crippen molar-refractivity contribution in [2.75, 3.05) is 22.9 Å². The summed E-state index contributed by atoms with van der Waals surface area (Å²) in [5.74, 6) is -1.60. The summed E-state index contributed by atoms with van der Waals surface area (Å²) < 4.78 is 73.4. The van der Waals surface area contributed by atoms with Crippen LogP contribution in [0, 0.1) is 18.6 Å². The molecule has 0 radical (unpaired) electrons. The second kappa shape index (κ2) is 11.0. The maximum absolute atomic E-state index is 14.6. The van der Waals surface area contributed by atoms with Crippen molar-refractivity contribution >= 4 is 38.2 Å². The van der Waals surface area contributed by atoms with Crippen LogP contribution in [0.1, 0.15) is 28.0 Å². The maximum atomic E-state index is 14.6. The number of ether oxygens (including phenoxy) is 1. The normalized spacial score (nSPS) is 11.6. The monoisotopic (exact) mass is 584 g/mol. The van der Waals surface area contributed by atoms with Crippen molar-refractivity contribution in [2.45, 2.75) is 13.3 Å². The van der Waals surface area contributed by atoms with Gasteiger partial charge < -0.3 is 15.5 Å². The highest BCUT2D eigenvalue weighted by atomic mass is 32.2. The van der Waals surface area contributed by atoms with Crippen molar-refractivity contribution in [1.29, 1.82) is 0 Å². The SMILES string of the molecule is Cc1cc(Oc2ccc(F)cc2)ncc1-n1ncc(C(=O)c2cc3cc(F)c(NS(=O)(=O)CCCF)cc3[nH]2)c1N. The fraction of sp³-hybridized carbons (Fsp3) is 0.148. The van der Waals surface area contributed by atoms with Gasteiger partial charge in [-0.1, -0.05) is 0 Å². The number of benzene rings is 2. The molecule has 212 valence electrons. The van der Waals surface area contributed by atoms with Gasteiger partial charge in [-0.25, -0.2) is 26.9 Å². The molecule has 0 unspecified atom stereocenters. The average Bonchev–Trinajstić information content (AvgIpc) is 3.51. The van der Waals surface area contributed by atoms with Gasteiger partial charge in [-0.3, -0.25) is 13.9 Å². The largest absolute Gasteiger partial charge is 0.439 e.